The van der Waals surface area contributed by atoms with Crippen LogP contribution in [0.5, 0.6) is 0 Å². The number of aryl methyl sites for hydroxylation is 1. The lowest BCUT2D eigenvalue weighted by atomic mass is 10.1. The number of halogens is 1. The highest BCUT2D eigenvalue weighted by Gasteiger charge is 2.09. The molecule has 142 valence electrons. The van der Waals surface area contributed by atoms with E-state index in [1.165, 1.54) is 5.56 Å². The van der Waals surface area contributed by atoms with E-state index in [2.05, 4.69) is 22.0 Å². The molecule has 0 aliphatic carbocycles. The van der Waals surface area contributed by atoms with Gasteiger partial charge in [0.2, 0.25) is 10.0 Å². The van der Waals surface area contributed by atoms with Crippen molar-refractivity contribution in [2.75, 3.05) is 17.6 Å². The normalized spacial score (nSPS) is 11.7. The fraction of sp³-hybridized carbons (Fsp3) is 0.278. The summed E-state index contributed by atoms with van der Waals surface area (Å²) in [5.41, 5.74) is 8.75. The minimum Gasteiger partial charge on any atom is -0.370 e. The van der Waals surface area contributed by atoms with Gasteiger partial charge in [-0.25, -0.2) is 13.1 Å². The van der Waals surface area contributed by atoms with Gasteiger partial charge < -0.3 is 11.1 Å². The zero-order chi connectivity index (χ0) is 18.1. The average Bonchev–Trinajstić information content (AvgIpc) is 2.61. The van der Waals surface area contributed by atoms with Crippen molar-refractivity contribution in [3.8, 4) is 0 Å². The van der Waals surface area contributed by atoms with E-state index in [9.17, 15) is 8.42 Å². The Morgan fingerprint density at radius 3 is 2.46 bits per heavy atom. The third-order valence-corrected chi connectivity index (χ3v) is 4.89. The number of sulfonamides is 1. The summed E-state index contributed by atoms with van der Waals surface area (Å²) in [6, 6.07) is 17.2. The molecule has 0 aromatic heterocycles. The number of hydrogen-bond acceptors (Lipinski definition) is 3. The Kier molecular flexibility index (Phi) is 9.60. The fourth-order valence-electron chi connectivity index (χ4n) is 2.20. The zero-order valence-electron chi connectivity index (χ0n) is 14.7. The number of nitrogens with zero attached hydrogens (tertiary/aromatic N) is 1. The van der Waals surface area contributed by atoms with Crippen molar-refractivity contribution in [1.29, 1.82) is 0 Å². The monoisotopic (exact) mass is 488 g/mol. The van der Waals surface area contributed by atoms with Crippen LogP contribution in [0.15, 0.2) is 59.6 Å². The van der Waals surface area contributed by atoms with Gasteiger partial charge in [0, 0.05) is 12.2 Å². The van der Waals surface area contributed by atoms with E-state index >= 15 is 0 Å². The molecule has 0 saturated heterocycles. The van der Waals surface area contributed by atoms with Crippen molar-refractivity contribution in [1.82, 2.24) is 4.72 Å². The second kappa shape index (κ2) is 11.1. The van der Waals surface area contributed by atoms with E-state index < -0.39 is 10.0 Å². The van der Waals surface area contributed by atoms with Gasteiger partial charge in [0.15, 0.2) is 5.96 Å². The molecular weight excluding hydrogens is 463 g/mol. The highest BCUT2D eigenvalue weighted by Crippen LogP contribution is 2.10. The van der Waals surface area contributed by atoms with Gasteiger partial charge in [-0.05, 0) is 29.7 Å². The molecule has 0 amide bonds. The van der Waals surface area contributed by atoms with E-state index in [0.29, 0.717) is 0 Å². The van der Waals surface area contributed by atoms with Crippen LogP contribution >= 0.6 is 24.0 Å². The number of aliphatic imine (C=N–C) groups is 1. The minimum absolute atomic E-state index is 0. The Bertz CT molecular complexity index is 811. The molecule has 0 radical (unpaired) electrons. The van der Waals surface area contributed by atoms with Crippen LogP contribution in [0.4, 0.5) is 5.69 Å². The van der Waals surface area contributed by atoms with Gasteiger partial charge in [0.1, 0.15) is 0 Å². The first-order valence-corrected chi connectivity index (χ1v) is 9.81. The molecule has 0 unspecified atom stereocenters. The van der Waals surface area contributed by atoms with Crippen molar-refractivity contribution in [3.05, 3.63) is 65.7 Å². The van der Waals surface area contributed by atoms with Crippen molar-refractivity contribution >= 4 is 45.6 Å². The molecule has 26 heavy (non-hydrogen) atoms. The highest BCUT2D eigenvalue weighted by molar-refractivity contribution is 14.0. The van der Waals surface area contributed by atoms with Crippen molar-refractivity contribution < 1.29 is 8.42 Å². The van der Waals surface area contributed by atoms with Gasteiger partial charge in [-0.1, -0.05) is 49.4 Å². The van der Waals surface area contributed by atoms with Crippen LogP contribution in [0.3, 0.4) is 0 Å². The summed E-state index contributed by atoms with van der Waals surface area (Å²) in [6.45, 7) is 2.44. The van der Waals surface area contributed by atoms with Crippen molar-refractivity contribution in [2.24, 2.45) is 10.7 Å². The average molecular weight is 488 g/mol. The first kappa shape index (κ1) is 22.4. The predicted molar refractivity (Wildman–Crippen MR) is 118 cm³/mol. The number of anilines is 1. The lowest BCUT2D eigenvalue weighted by Crippen LogP contribution is -2.28. The Labute approximate surface area is 172 Å². The SMILES string of the molecule is CCc1cccc(NC(N)=NCCS(=O)(=O)NCc2ccccc2)c1.I. The summed E-state index contributed by atoms with van der Waals surface area (Å²) < 4.78 is 26.5. The molecule has 6 nitrogen and oxygen atoms in total. The van der Waals surface area contributed by atoms with Crippen LogP contribution in [0, 0.1) is 0 Å². The van der Waals surface area contributed by atoms with Gasteiger partial charge in [-0.2, -0.15) is 0 Å². The molecule has 0 aliphatic heterocycles. The maximum absolute atomic E-state index is 12.0. The predicted octanol–water partition coefficient (Wildman–Crippen LogP) is 2.71. The summed E-state index contributed by atoms with van der Waals surface area (Å²) >= 11 is 0. The van der Waals surface area contributed by atoms with Gasteiger partial charge in [-0.15, -0.1) is 24.0 Å². The van der Waals surface area contributed by atoms with E-state index in [4.69, 9.17) is 5.73 Å². The summed E-state index contributed by atoms with van der Waals surface area (Å²) in [4.78, 5) is 4.08. The molecule has 2 rings (SSSR count). The molecule has 0 heterocycles. The molecule has 4 N–H and O–H groups in total. The molecule has 2 aromatic rings. The lowest BCUT2D eigenvalue weighted by Gasteiger charge is -2.08. The largest absolute Gasteiger partial charge is 0.370 e. The fourth-order valence-corrected chi connectivity index (χ4v) is 3.07. The van der Waals surface area contributed by atoms with Crippen LogP contribution in [-0.2, 0) is 23.0 Å². The molecule has 0 atom stereocenters. The maximum Gasteiger partial charge on any atom is 0.213 e. The van der Waals surface area contributed by atoms with Gasteiger partial charge in [0.05, 0.1) is 12.3 Å². The summed E-state index contributed by atoms with van der Waals surface area (Å²) in [5, 5.41) is 2.97. The summed E-state index contributed by atoms with van der Waals surface area (Å²) in [7, 11) is -3.40. The van der Waals surface area contributed by atoms with Gasteiger partial charge in [-0.3, -0.25) is 4.99 Å². The minimum atomic E-state index is -3.40. The molecule has 0 spiro atoms. The molecular formula is C18H25IN4O2S. The molecule has 0 saturated carbocycles. The Morgan fingerprint density at radius 2 is 1.77 bits per heavy atom. The Morgan fingerprint density at radius 1 is 1.08 bits per heavy atom. The molecule has 8 heteroatoms. The lowest BCUT2D eigenvalue weighted by molar-refractivity contribution is 0.581. The third kappa shape index (κ3) is 8.15. The smallest absolute Gasteiger partial charge is 0.213 e. The second-order valence-electron chi connectivity index (χ2n) is 5.57. The van der Waals surface area contributed by atoms with Crippen LogP contribution in [0.25, 0.3) is 0 Å². The number of benzene rings is 2. The van der Waals surface area contributed by atoms with E-state index in [1.54, 1.807) is 0 Å². The zero-order valence-corrected chi connectivity index (χ0v) is 17.8. The third-order valence-electron chi connectivity index (χ3n) is 3.59. The van der Waals surface area contributed by atoms with Crippen molar-refractivity contribution in [3.63, 3.8) is 0 Å². The van der Waals surface area contributed by atoms with Crippen LogP contribution in [0.1, 0.15) is 18.1 Å². The van der Waals surface area contributed by atoms with Crippen LogP contribution in [0.2, 0.25) is 0 Å². The van der Waals surface area contributed by atoms with E-state index in [-0.39, 0.29) is 48.8 Å². The number of nitrogens with two attached hydrogens (primary N) is 1. The highest BCUT2D eigenvalue weighted by atomic mass is 127. The first-order valence-electron chi connectivity index (χ1n) is 8.15. The maximum atomic E-state index is 12.0. The Hall–Kier alpha value is -1.65. The summed E-state index contributed by atoms with van der Waals surface area (Å²) in [5.74, 6) is 0.0866. The van der Waals surface area contributed by atoms with Crippen LogP contribution in [-0.4, -0.2) is 26.7 Å². The second-order valence-corrected chi connectivity index (χ2v) is 7.50. The standard InChI is InChI=1S/C18H24N4O2S.HI/c1-2-15-9-6-10-17(13-15)22-18(19)20-11-12-25(23,24)21-14-16-7-4-3-5-8-16;/h3-10,13,21H,2,11-12,14H2,1H3,(H3,19,20,22);1H. The van der Waals surface area contributed by atoms with Crippen LogP contribution < -0.4 is 15.8 Å². The Balaban J connectivity index is 0.00000338. The topological polar surface area (TPSA) is 96.6 Å². The van der Waals surface area contributed by atoms with E-state index in [1.807, 2.05) is 54.6 Å². The van der Waals surface area contributed by atoms with E-state index in [0.717, 1.165) is 17.7 Å². The summed E-state index contributed by atoms with van der Waals surface area (Å²) in [6.07, 6.45) is 0.928. The number of rotatable bonds is 8. The molecule has 0 fully saturated rings. The quantitative estimate of drug-likeness (QED) is 0.303. The van der Waals surface area contributed by atoms with Gasteiger partial charge in [0.25, 0.3) is 0 Å². The number of hydrogen-bond donors (Lipinski definition) is 3. The van der Waals surface area contributed by atoms with Crippen molar-refractivity contribution in [2.45, 2.75) is 19.9 Å². The first-order chi connectivity index (χ1) is 12.0. The number of nitrogens with one attached hydrogen (secondary N) is 2. The molecule has 0 aliphatic rings. The van der Waals surface area contributed by atoms with Gasteiger partial charge >= 0.3 is 0 Å². The molecule has 0 bridgehead atoms. The molecule has 2 aromatic carbocycles. The number of guanidine groups is 1.